The second-order valence-electron chi connectivity index (χ2n) is 3.86. The van der Waals surface area contributed by atoms with Crippen LogP contribution in [0.25, 0.3) is 5.69 Å². The third-order valence-electron chi connectivity index (χ3n) is 2.74. The second kappa shape index (κ2) is 5.01. The highest BCUT2D eigenvalue weighted by Gasteiger charge is 2.23. The zero-order chi connectivity index (χ0) is 14.0. The van der Waals surface area contributed by atoms with Crippen LogP contribution in [0, 0.1) is 6.92 Å². The Labute approximate surface area is 110 Å². The first-order valence-corrected chi connectivity index (χ1v) is 5.60. The van der Waals surface area contributed by atoms with Crippen LogP contribution in [-0.4, -0.2) is 35.1 Å². The fraction of sp³-hybridized carbons (Fsp3) is 0.231. The predicted octanol–water partition coefficient (Wildman–Crippen LogP) is 1.90. The van der Waals surface area contributed by atoms with E-state index in [9.17, 15) is 9.90 Å². The first-order valence-electron chi connectivity index (χ1n) is 5.60. The van der Waals surface area contributed by atoms with Crippen molar-refractivity contribution in [2.24, 2.45) is 0 Å². The first kappa shape index (κ1) is 12.9. The molecule has 100 valence electrons. The van der Waals surface area contributed by atoms with Gasteiger partial charge in [0, 0.05) is 0 Å². The van der Waals surface area contributed by atoms with E-state index in [4.69, 9.17) is 9.47 Å². The maximum absolute atomic E-state index is 11.2. The van der Waals surface area contributed by atoms with Crippen LogP contribution in [0.15, 0.2) is 24.3 Å². The van der Waals surface area contributed by atoms with Gasteiger partial charge in [0.05, 0.1) is 19.9 Å². The van der Waals surface area contributed by atoms with E-state index in [1.54, 1.807) is 26.2 Å². The maximum Gasteiger partial charge on any atom is 0.343 e. The number of carboxylic acid groups (broad SMARTS) is 1. The van der Waals surface area contributed by atoms with Crippen LogP contribution < -0.4 is 9.47 Å². The summed E-state index contributed by atoms with van der Waals surface area (Å²) in [4.78, 5) is 11.2. The molecule has 0 radical (unpaired) electrons. The summed E-state index contributed by atoms with van der Waals surface area (Å²) in [6.07, 6.45) is 0. The third-order valence-corrected chi connectivity index (χ3v) is 2.74. The summed E-state index contributed by atoms with van der Waals surface area (Å²) < 4.78 is 11.8. The van der Waals surface area contributed by atoms with Gasteiger partial charge in [0.15, 0.2) is 0 Å². The number of benzene rings is 1. The van der Waals surface area contributed by atoms with Gasteiger partial charge in [-0.3, -0.25) is 0 Å². The lowest BCUT2D eigenvalue weighted by atomic mass is 10.2. The van der Waals surface area contributed by atoms with Crippen molar-refractivity contribution in [3.63, 3.8) is 0 Å². The zero-order valence-electron chi connectivity index (χ0n) is 10.9. The van der Waals surface area contributed by atoms with E-state index in [0.717, 1.165) is 0 Å². The molecule has 1 heterocycles. The number of hydrogen-bond acceptors (Lipinski definition) is 4. The van der Waals surface area contributed by atoms with Gasteiger partial charge in [-0.1, -0.05) is 12.1 Å². The topological polar surface area (TPSA) is 73.6 Å². The smallest absolute Gasteiger partial charge is 0.343 e. The monoisotopic (exact) mass is 262 g/mol. The number of hydrogen-bond donors (Lipinski definition) is 1. The molecule has 1 aromatic heterocycles. The summed E-state index contributed by atoms with van der Waals surface area (Å²) in [5.74, 6) is -0.315. The average Bonchev–Trinajstić information content (AvgIpc) is 2.75. The molecule has 0 saturated carbocycles. The van der Waals surface area contributed by atoms with E-state index in [1.807, 2.05) is 12.1 Å². The number of rotatable bonds is 4. The summed E-state index contributed by atoms with van der Waals surface area (Å²) in [5.41, 5.74) is 1.06. The molecule has 0 unspecified atom stereocenters. The molecule has 0 amide bonds. The molecule has 0 spiro atoms. The van der Waals surface area contributed by atoms with Gasteiger partial charge in [0.1, 0.15) is 17.0 Å². The lowest BCUT2D eigenvalue weighted by Gasteiger charge is -2.10. The van der Waals surface area contributed by atoms with Crippen molar-refractivity contribution >= 4 is 5.97 Å². The Bertz CT molecular complexity index is 619. The van der Waals surface area contributed by atoms with Crippen molar-refractivity contribution in [3.8, 4) is 17.3 Å². The lowest BCUT2D eigenvalue weighted by molar-refractivity contribution is 0.0692. The molecule has 0 saturated heterocycles. The number of carbonyl (C=O) groups is 1. The van der Waals surface area contributed by atoms with Gasteiger partial charge in [-0.05, 0) is 19.1 Å². The highest BCUT2D eigenvalue weighted by Crippen LogP contribution is 2.30. The summed E-state index contributed by atoms with van der Waals surface area (Å²) in [6, 6.07) is 7.18. The van der Waals surface area contributed by atoms with Gasteiger partial charge in [-0.2, -0.15) is 9.78 Å². The van der Waals surface area contributed by atoms with Crippen molar-refractivity contribution in [3.05, 3.63) is 35.5 Å². The van der Waals surface area contributed by atoms with Crippen LogP contribution in [0.2, 0.25) is 0 Å². The minimum atomic E-state index is -1.07. The Kier molecular flexibility index (Phi) is 3.41. The van der Waals surface area contributed by atoms with Gasteiger partial charge in [0.25, 0.3) is 0 Å². The van der Waals surface area contributed by atoms with Gasteiger partial charge in [-0.25, -0.2) is 4.79 Å². The van der Waals surface area contributed by atoms with Crippen molar-refractivity contribution in [1.82, 2.24) is 9.78 Å². The predicted molar refractivity (Wildman–Crippen MR) is 68.4 cm³/mol. The molecule has 0 aliphatic carbocycles. The highest BCUT2D eigenvalue weighted by atomic mass is 16.5. The van der Waals surface area contributed by atoms with E-state index < -0.39 is 5.97 Å². The van der Waals surface area contributed by atoms with Crippen molar-refractivity contribution in [2.45, 2.75) is 6.92 Å². The molecule has 19 heavy (non-hydrogen) atoms. The van der Waals surface area contributed by atoms with Crippen molar-refractivity contribution in [1.29, 1.82) is 0 Å². The normalized spacial score (nSPS) is 10.3. The molecule has 2 aromatic rings. The molecular weight excluding hydrogens is 248 g/mol. The van der Waals surface area contributed by atoms with Crippen LogP contribution in [-0.2, 0) is 0 Å². The van der Waals surface area contributed by atoms with Gasteiger partial charge >= 0.3 is 5.97 Å². The molecule has 6 nitrogen and oxygen atoms in total. The molecule has 0 fully saturated rings. The van der Waals surface area contributed by atoms with Gasteiger partial charge in [-0.15, -0.1) is 0 Å². The van der Waals surface area contributed by atoms with E-state index in [-0.39, 0.29) is 11.4 Å². The standard InChI is InChI=1S/C13H14N2O4/c1-8-11(13(16)17)12(19-3)15(14-8)9-6-4-5-7-10(9)18-2/h4-7H,1-3H3,(H,16,17). The van der Waals surface area contributed by atoms with Crippen molar-refractivity contribution in [2.75, 3.05) is 14.2 Å². The number of aromatic nitrogens is 2. The Hall–Kier alpha value is -2.50. The number of aryl methyl sites for hydroxylation is 1. The number of ether oxygens (including phenoxy) is 2. The van der Waals surface area contributed by atoms with E-state index in [1.165, 1.54) is 11.8 Å². The molecule has 0 aliphatic rings. The van der Waals surface area contributed by atoms with E-state index in [0.29, 0.717) is 17.1 Å². The molecule has 2 rings (SSSR count). The maximum atomic E-state index is 11.2. The lowest BCUT2D eigenvalue weighted by Crippen LogP contribution is -2.04. The number of carboxylic acids is 1. The number of aromatic carboxylic acids is 1. The third kappa shape index (κ3) is 2.12. The molecule has 0 atom stereocenters. The number of para-hydroxylation sites is 2. The van der Waals surface area contributed by atoms with Gasteiger partial charge < -0.3 is 14.6 Å². The molecule has 1 aromatic carbocycles. The molecular formula is C13H14N2O4. The summed E-state index contributed by atoms with van der Waals surface area (Å²) in [5, 5.41) is 13.4. The molecule has 1 N–H and O–H groups in total. The SMILES string of the molecule is COc1ccccc1-n1nc(C)c(C(=O)O)c1OC. The molecule has 6 heteroatoms. The highest BCUT2D eigenvalue weighted by molar-refractivity contribution is 5.92. The van der Waals surface area contributed by atoms with Crippen LogP contribution in [0.5, 0.6) is 11.6 Å². The average molecular weight is 262 g/mol. The minimum Gasteiger partial charge on any atom is -0.494 e. The summed E-state index contributed by atoms with van der Waals surface area (Å²) in [6.45, 7) is 1.62. The Balaban J connectivity index is 2.69. The second-order valence-corrected chi connectivity index (χ2v) is 3.86. The molecule has 0 aliphatic heterocycles. The largest absolute Gasteiger partial charge is 0.494 e. The summed E-state index contributed by atoms with van der Waals surface area (Å²) >= 11 is 0. The fourth-order valence-corrected chi connectivity index (χ4v) is 1.91. The quantitative estimate of drug-likeness (QED) is 0.910. The van der Waals surface area contributed by atoms with Crippen LogP contribution in [0.3, 0.4) is 0 Å². The van der Waals surface area contributed by atoms with Crippen LogP contribution >= 0.6 is 0 Å². The zero-order valence-corrected chi connectivity index (χ0v) is 10.9. The first-order chi connectivity index (χ1) is 9.10. The van der Waals surface area contributed by atoms with Crippen molar-refractivity contribution < 1.29 is 19.4 Å². The summed E-state index contributed by atoms with van der Waals surface area (Å²) in [7, 11) is 2.95. The minimum absolute atomic E-state index is 0.0495. The number of nitrogens with zero attached hydrogens (tertiary/aromatic N) is 2. The Morgan fingerprint density at radius 2 is 1.95 bits per heavy atom. The van der Waals surface area contributed by atoms with E-state index in [2.05, 4.69) is 5.10 Å². The van der Waals surface area contributed by atoms with Crippen LogP contribution in [0.4, 0.5) is 0 Å². The Morgan fingerprint density at radius 3 is 2.53 bits per heavy atom. The number of methoxy groups -OCH3 is 2. The van der Waals surface area contributed by atoms with E-state index >= 15 is 0 Å². The molecule has 0 bridgehead atoms. The fourth-order valence-electron chi connectivity index (χ4n) is 1.91. The van der Waals surface area contributed by atoms with Gasteiger partial charge in [0.2, 0.25) is 5.88 Å². The Morgan fingerprint density at radius 1 is 1.26 bits per heavy atom. The van der Waals surface area contributed by atoms with Crippen LogP contribution in [0.1, 0.15) is 16.1 Å².